The Morgan fingerprint density at radius 2 is 2.05 bits per heavy atom. The van der Waals surface area contributed by atoms with Gasteiger partial charge >= 0.3 is 0 Å². The van der Waals surface area contributed by atoms with E-state index in [-0.39, 0.29) is 11.7 Å². The molecule has 2 amide bonds. The molecule has 0 radical (unpaired) electrons. The van der Waals surface area contributed by atoms with Crippen molar-refractivity contribution in [1.82, 2.24) is 20.1 Å². The first-order valence-corrected chi connectivity index (χ1v) is 8.93. The van der Waals surface area contributed by atoms with E-state index in [0.717, 1.165) is 14.4 Å². The molecule has 0 saturated carbocycles. The van der Waals surface area contributed by atoms with Crippen molar-refractivity contribution in [1.29, 1.82) is 0 Å². The largest absolute Gasteiger partial charge is 0.347 e. The fraction of sp³-hybridized carbons (Fsp3) is 0.333. The van der Waals surface area contributed by atoms with Crippen LogP contribution in [0.15, 0.2) is 27.0 Å². The first-order chi connectivity index (χ1) is 10.1. The van der Waals surface area contributed by atoms with Crippen LogP contribution in [0, 0.1) is 0 Å². The Balaban J connectivity index is 1.82. The molecule has 21 heavy (non-hydrogen) atoms. The molecule has 0 unspecified atom stereocenters. The number of rotatable bonds is 6. The average Bonchev–Trinajstić information content (AvgIpc) is 3.06. The predicted molar refractivity (Wildman–Crippen MR) is 84.9 cm³/mol. The van der Waals surface area contributed by atoms with Crippen LogP contribution >= 0.6 is 34.9 Å². The molecule has 112 valence electrons. The van der Waals surface area contributed by atoms with E-state index < -0.39 is 5.91 Å². The van der Waals surface area contributed by atoms with E-state index in [1.165, 1.54) is 23.1 Å². The number of nitrogens with one attached hydrogen (secondary N) is 1. The first-order valence-electron chi connectivity index (χ1n) is 6.14. The third-order valence-corrected chi connectivity index (χ3v) is 5.48. The fourth-order valence-electron chi connectivity index (χ4n) is 1.49. The molecule has 2 aromatic heterocycles. The number of nitrogens with zero attached hydrogens (tertiary/aromatic N) is 3. The zero-order chi connectivity index (χ0) is 15.2. The summed E-state index contributed by atoms with van der Waals surface area (Å²) in [5.41, 5.74) is 0.450. The summed E-state index contributed by atoms with van der Waals surface area (Å²) in [6, 6.07) is 3.41. The molecule has 2 heterocycles. The van der Waals surface area contributed by atoms with E-state index in [9.17, 15) is 9.59 Å². The lowest BCUT2D eigenvalue weighted by atomic mass is 10.4. The molecular formula is C12H14N4O2S3. The van der Waals surface area contributed by atoms with Crippen LogP contribution in [0.5, 0.6) is 0 Å². The molecule has 1 N–H and O–H groups in total. The second-order valence-corrected chi connectivity index (χ2v) is 7.65. The highest BCUT2D eigenvalue weighted by Crippen LogP contribution is 2.28. The predicted octanol–water partition coefficient (Wildman–Crippen LogP) is 2.04. The Morgan fingerprint density at radius 1 is 1.33 bits per heavy atom. The van der Waals surface area contributed by atoms with Crippen LogP contribution in [0.2, 0.25) is 0 Å². The highest BCUT2D eigenvalue weighted by atomic mass is 32.2. The summed E-state index contributed by atoms with van der Waals surface area (Å²) in [6.45, 7) is 2.04. The van der Waals surface area contributed by atoms with Gasteiger partial charge in [0.1, 0.15) is 5.69 Å². The number of carbonyl (C=O) groups is 2. The highest BCUT2D eigenvalue weighted by molar-refractivity contribution is 8.03. The number of hydrogen-bond acceptors (Lipinski definition) is 7. The quantitative estimate of drug-likeness (QED) is 0.810. The van der Waals surface area contributed by atoms with Gasteiger partial charge in [0.25, 0.3) is 5.91 Å². The Bertz CT molecular complexity index is 638. The van der Waals surface area contributed by atoms with Crippen molar-refractivity contribution < 1.29 is 9.59 Å². The molecule has 0 atom stereocenters. The van der Waals surface area contributed by atoms with Gasteiger partial charge in [-0.25, -0.2) is 0 Å². The van der Waals surface area contributed by atoms with E-state index in [1.54, 1.807) is 41.7 Å². The summed E-state index contributed by atoms with van der Waals surface area (Å²) in [5, 5.41) is 10.4. The SMILES string of the molecule is CCSc1nnc(SCC(=O)NC(=O)c2cccn2C)s1. The molecule has 0 aromatic carbocycles. The van der Waals surface area contributed by atoms with Crippen molar-refractivity contribution in [2.75, 3.05) is 11.5 Å². The number of hydrogen-bond donors (Lipinski definition) is 1. The second kappa shape index (κ2) is 7.62. The van der Waals surface area contributed by atoms with Crippen molar-refractivity contribution in [3.8, 4) is 0 Å². The third-order valence-electron chi connectivity index (χ3n) is 2.41. The van der Waals surface area contributed by atoms with Crippen molar-refractivity contribution >= 4 is 46.7 Å². The van der Waals surface area contributed by atoms with Gasteiger partial charge in [-0.05, 0) is 17.9 Å². The van der Waals surface area contributed by atoms with Gasteiger partial charge in [0.05, 0.1) is 5.75 Å². The minimum atomic E-state index is -0.396. The Morgan fingerprint density at radius 3 is 2.67 bits per heavy atom. The number of aromatic nitrogens is 3. The highest BCUT2D eigenvalue weighted by Gasteiger charge is 2.14. The minimum Gasteiger partial charge on any atom is -0.347 e. The zero-order valence-corrected chi connectivity index (χ0v) is 14.0. The maximum absolute atomic E-state index is 11.8. The lowest BCUT2D eigenvalue weighted by molar-refractivity contribution is -0.117. The fourth-order valence-corrected chi connectivity index (χ4v) is 4.21. The lowest BCUT2D eigenvalue weighted by Crippen LogP contribution is -2.32. The first kappa shape index (κ1) is 16.1. The van der Waals surface area contributed by atoms with Crippen LogP contribution in [-0.2, 0) is 11.8 Å². The Labute approximate surface area is 134 Å². The van der Waals surface area contributed by atoms with E-state index in [4.69, 9.17) is 0 Å². The van der Waals surface area contributed by atoms with Gasteiger partial charge < -0.3 is 4.57 Å². The summed E-state index contributed by atoms with van der Waals surface area (Å²) in [6.07, 6.45) is 1.75. The van der Waals surface area contributed by atoms with Crippen molar-refractivity contribution in [2.24, 2.45) is 7.05 Å². The van der Waals surface area contributed by atoms with Crippen LogP contribution in [-0.4, -0.2) is 38.1 Å². The third kappa shape index (κ3) is 4.58. The van der Waals surface area contributed by atoms with Gasteiger partial charge in [0, 0.05) is 13.2 Å². The second-order valence-electron chi connectivity index (χ2n) is 3.94. The van der Waals surface area contributed by atoms with Gasteiger partial charge in [0.15, 0.2) is 8.68 Å². The maximum Gasteiger partial charge on any atom is 0.274 e. The lowest BCUT2D eigenvalue weighted by Gasteiger charge is -2.04. The van der Waals surface area contributed by atoms with Crippen molar-refractivity contribution in [2.45, 2.75) is 15.6 Å². The van der Waals surface area contributed by atoms with E-state index >= 15 is 0 Å². The molecular weight excluding hydrogens is 328 g/mol. The van der Waals surface area contributed by atoms with Gasteiger partial charge in [-0.15, -0.1) is 10.2 Å². The molecule has 9 heteroatoms. The summed E-state index contributed by atoms with van der Waals surface area (Å²) >= 11 is 4.35. The van der Waals surface area contributed by atoms with Crippen LogP contribution < -0.4 is 5.32 Å². The van der Waals surface area contributed by atoms with Crippen molar-refractivity contribution in [3.05, 3.63) is 24.0 Å². The van der Waals surface area contributed by atoms with Gasteiger partial charge in [-0.1, -0.05) is 41.8 Å². The molecule has 0 saturated heterocycles. The molecule has 6 nitrogen and oxygen atoms in total. The smallest absolute Gasteiger partial charge is 0.274 e. The van der Waals surface area contributed by atoms with Gasteiger partial charge in [-0.2, -0.15) is 0 Å². The van der Waals surface area contributed by atoms with Crippen LogP contribution in [0.3, 0.4) is 0 Å². The maximum atomic E-state index is 11.8. The topological polar surface area (TPSA) is 76.9 Å². The number of aryl methyl sites for hydroxylation is 1. The Hall–Kier alpha value is -1.32. The molecule has 0 aliphatic rings. The van der Waals surface area contributed by atoms with Crippen molar-refractivity contribution in [3.63, 3.8) is 0 Å². The van der Waals surface area contributed by atoms with Gasteiger partial charge in [-0.3, -0.25) is 14.9 Å². The summed E-state index contributed by atoms with van der Waals surface area (Å²) in [5.74, 6) is 0.339. The summed E-state index contributed by atoms with van der Waals surface area (Å²) < 4.78 is 3.28. The molecule has 0 aliphatic heterocycles. The average molecular weight is 342 g/mol. The normalized spacial score (nSPS) is 10.6. The number of imide groups is 1. The van der Waals surface area contributed by atoms with Crippen LogP contribution in [0.4, 0.5) is 0 Å². The minimum absolute atomic E-state index is 0.140. The van der Waals surface area contributed by atoms with E-state index in [1.807, 2.05) is 6.92 Å². The van der Waals surface area contributed by atoms with E-state index in [0.29, 0.717) is 5.69 Å². The monoisotopic (exact) mass is 342 g/mol. The van der Waals surface area contributed by atoms with E-state index in [2.05, 4.69) is 15.5 Å². The molecule has 0 aliphatic carbocycles. The standard InChI is InChI=1S/C12H14N4O2S3/c1-3-19-11-14-15-12(21-11)20-7-9(17)13-10(18)8-5-4-6-16(8)2/h4-6H,3,7H2,1-2H3,(H,13,17,18). The number of carbonyl (C=O) groups excluding carboxylic acids is 2. The molecule has 0 bridgehead atoms. The molecule has 2 aromatic rings. The number of thioether (sulfide) groups is 2. The summed E-state index contributed by atoms with van der Waals surface area (Å²) in [4.78, 5) is 23.6. The van der Waals surface area contributed by atoms with Crippen LogP contribution in [0.25, 0.3) is 0 Å². The van der Waals surface area contributed by atoms with Gasteiger partial charge in [0.2, 0.25) is 5.91 Å². The zero-order valence-electron chi connectivity index (χ0n) is 11.5. The molecule has 0 spiro atoms. The Kier molecular flexibility index (Phi) is 5.83. The van der Waals surface area contributed by atoms with Crippen LogP contribution in [0.1, 0.15) is 17.4 Å². The summed E-state index contributed by atoms with van der Waals surface area (Å²) in [7, 11) is 1.75. The molecule has 0 fully saturated rings. The number of amides is 2. The molecule has 2 rings (SSSR count).